The molecule has 0 spiro atoms. The second kappa shape index (κ2) is 9.43. The molecule has 0 bridgehead atoms. The number of aromatic nitrogens is 3. The molecule has 0 aliphatic carbocycles. The summed E-state index contributed by atoms with van der Waals surface area (Å²) in [6.07, 6.45) is 0.949. The lowest BCUT2D eigenvalue weighted by molar-refractivity contribution is 0.141. The number of fused-ring (bicyclic) bond motifs is 1. The summed E-state index contributed by atoms with van der Waals surface area (Å²) in [5, 5.41) is 17.8. The highest BCUT2D eigenvalue weighted by Gasteiger charge is 2.19. The van der Waals surface area contributed by atoms with E-state index in [0.29, 0.717) is 41.2 Å². The third-order valence-electron chi connectivity index (χ3n) is 5.23. The predicted octanol–water partition coefficient (Wildman–Crippen LogP) is 3.99. The van der Waals surface area contributed by atoms with Gasteiger partial charge in [0.25, 0.3) is 5.56 Å². The zero-order chi connectivity index (χ0) is 23.5. The molecule has 0 aliphatic heterocycles. The van der Waals surface area contributed by atoms with E-state index in [0.717, 1.165) is 11.6 Å². The van der Waals surface area contributed by atoms with E-state index in [1.165, 1.54) is 23.0 Å². The SMILES string of the molecule is CCNC(O)c1cccc(-c2c(=O)ncn3nc(Oc4ccc(F)cc4F)ccc23)c1CC. The molecule has 0 radical (unpaired) electrons. The van der Waals surface area contributed by atoms with Crippen molar-refractivity contribution >= 4 is 5.52 Å². The number of aliphatic hydroxyl groups excluding tert-OH is 1. The molecule has 0 aliphatic rings. The summed E-state index contributed by atoms with van der Waals surface area (Å²) in [6.45, 7) is 4.41. The van der Waals surface area contributed by atoms with E-state index >= 15 is 0 Å². The molecule has 7 nitrogen and oxygen atoms in total. The van der Waals surface area contributed by atoms with Crippen LogP contribution in [0.15, 0.2) is 59.7 Å². The summed E-state index contributed by atoms with van der Waals surface area (Å²) in [6, 6.07) is 11.5. The smallest absolute Gasteiger partial charge is 0.281 e. The van der Waals surface area contributed by atoms with Gasteiger partial charge in [0.05, 0.1) is 11.1 Å². The first-order valence-corrected chi connectivity index (χ1v) is 10.5. The zero-order valence-corrected chi connectivity index (χ0v) is 18.0. The average Bonchev–Trinajstić information content (AvgIpc) is 2.80. The Bertz CT molecular complexity index is 1370. The summed E-state index contributed by atoms with van der Waals surface area (Å²) >= 11 is 0. The van der Waals surface area contributed by atoms with Gasteiger partial charge in [0.2, 0.25) is 5.88 Å². The number of rotatable bonds is 7. The van der Waals surface area contributed by atoms with Crippen molar-refractivity contribution in [2.45, 2.75) is 26.5 Å². The largest absolute Gasteiger partial charge is 0.434 e. The van der Waals surface area contributed by atoms with Gasteiger partial charge in [0.1, 0.15) is 18.4 Å². The molecule has 0 saturated carbocycles. The first kappa shape index (κ1) is 22.5. The summed E-state index contributed by atoms with van der Waals surface area (Å²) in [4.78, 5) is 16.7. The van der Waals surface area contributed by atoms with Gasteiger partial charge >= 0.3 is 0 Å². The summed E-state index contributed by atoms with van der Waals surface area (Å²) < 4.78 is 33.9. The topological polar surface area (TPSA) is 88.8 Å². The van der Waals surface area contributed by atoms with Crippen molar-refractivity contribution in [2.75, 3.05) is 6.54 Å². The molecular weight excluding hydrogens is 430 g/mol. The predicted molar refractivity (Wildman–Crippen MR) is 119 cm³/mol. The minimum Gasteiger partial charge on any atom is -0.434 e. The van der Waals surface area contributed by atoms with Crippen LogP contribution in [-0.4, -0.2) is 26.2 Å². The van der Waals surface area contributed by atoms with Crippen molar-refractivity contribution in [1.82, 2.24) is 19.9 Å². The highest BCUT2D eigenvalue weighted by atomic mass is 19.1. The van der Waals surface area contributed by atoms with Gasteiger partial charge in [-0.1, -0.05) is 32.0 Å². The second-order valence-electron chi connectivity index (χ2n) is 7.29. The van der Waals surface area contributed by atoms with Crippen molar-refractivity contribution in [3.05, 3.63) is 88.0 Å². The van der Waals surface area contributed by atoms with E-state index in [-0.39, 0.29) is 11.6 Å². The van der Waals surface area contributed by atoms with E-state index in [1.807, 2.05) is 19.9 Å². The summed E-state index contributed by atoms with van der Waals surface area (Å²) in [5.74, 6) is -1.72. The lowest BCUT2D eigenvalue weighted by atomic mass is 9.93. The maximum Gasteiger partial charge on any atom is 0.281 e. The van der Waals surface area contributed by atoms with Crippen molar-refractivity contribution in [2.24, 2.45) is 0 Å². The van der Waals surface area contributed by atoms with Crippen LogP contribution >= 0.6 is 0 Å². The van der Waals surface area contributed by atoms with E-state index in [9.17, 15) is 18.7 Å². The molecule has 170 valence electrons. The normalized spacial score (nSPS) is 12.2. The van der Waals surface area contributed by atoms with Gasteiger partial charge in [0.15, 0.2) is 11.6 Å². The molecule has 4 aromatic rings. The van der Waals surface area contributed by atoms with Crippen LogP contribution in [0.1, 0.15) is 31.2 Å². The minimum atomic E-state index is -0.876. The van der Waals surface area contributed by atoms with E-state index < -0.39 is 23.4 Å². The fraction of sp³-hybridized carbons (Fsp3) is 0.208. The van der Waals surface area contributed by atoms with Crippen molar-refractivity contribution < 1.29 is 18.6 Å². The number of nitrogens with one attached hydrogen (secondary N) is 1. The Hall–Kier alpha value is -3.69. The summed E-state index contributed by atoms with van der Waals surface area (Å²) in [5.41, 5.74) is 2.48. The Morgan fingerprint density at radius 3 is 2.70 bits per heavy atom. The van der Waals surface area contributed by atoms with Gasteiger partial charge in [-0.05, 0) is 47.9 Å². The number of halogens is 2. The fourth-order valence-electron chi connectivity index (χ4n) is 3.76. The Balaban J connectivity index is 1.82. The average molecular weight is 452 g/mol. The van der Waals surface area contributed by atoms with E-state index in [4.69, 9.17) is 4.74 Å². The maximum absolute atomic E-state index is 14.0. The maximum atomic E-state index is 14.0. The quantitative estimate of drug-likeness (QED) is 0.412. The number of benzene rings is 2. The van der Waals surface area contributed by atoms with Crippen LogP contribution in [-0.2, 0) is 6.42 Å². The van der Waals surface area contributed by atoms with Crippen molar-refractivity contribution in [3.63, 3.8) is 0 Å². The van der Waals surface area contributed by atoms with Crippen LogP contribution in [0.3, 0.4) is 0 Å². The lowest BCUT2D eigenvalue weighted by Gasteiger charge is -2.19. The first-order valence-electron chi connectivity index (χ1n) is 10.5. The molecule has 1 unspecified atom stereocenters. The van der Waals surface area contributed by atoms with Crippen molar-refractivity contribution in [1.29, 1.82) is 0 Å². The van der Waals surface area contributed by atoms with Crippen LogP contribution in [0.2, 0.25) is 0 Å². The Morgan fingerprint density at radius 1 is 1.15 bits per heavy atom. The molecule has 0 fully saturated rings. The molecular formula is C24H22F2N4O3. The molecule has 2 aromatic heterocycles. The van der Waals surface area contributed by atoms with E-state index in [2.05, 4.69) is 15.4 Å². The zero-order valence-electron chi connectivity index (χ0n) is 18.0. The lowest BCUT2D eigenvalue weighted by Crippen LogP contribution is -2.22. The number of nitrogens with zero attached hydrogens (tertiary/aromatic N) is 3. The van der Waals surface area contributed by atoms with Gasteiger partial charge in [-0.3, -0.25) is 10.1 Å². The van der Waals surface area contributed by atoms with Crippen molar-refractivity contribution in [3.8, 4) is 22.8 Å². The third-order valence-corrected chi connectivity index (χ3v) is 5.23. The van der Waals surface area contributed by atoms with Crippen LogP contribution < -0.4 is 15.6 Å². The highest BCUT2D eigenvalue weighted by Crippen LogP contribution is 2.31. The monoisotopic (exact) mass is 452 g/mol. The standard InChI is InChI=1S/C24H22F2N4O3/c1-3-15-16(6-5-7-17(15)23(31)27-4-2)22-19-9-11-21(29-30(19)13-28-24(22)32)33-20-10-8-14(25)12-18(20)26/h5-13,23,27,31H,3-4H2,1-2H3. The van der Waals surface area contributed by atoms with Gasteiger partial charge < -0.3 is 9.84 Å². The number of hydrogen-bond acceptors (Lipinski definition) is 6. The Morgan fingerprint density at radius 2 is 1.97 bits per heavy atom. The first-order chi connectivity index (χ1) is 15.9. The molecule has 2 aromatic carbocycles. The van der Waals surface area contributed by atoms with Crippen LogP contribution in [0.4, 0.5) is 8.78 Å². The molecule has 2 N–H and O–H groups in total. The fourth-order valence-corrected chi connectivity index (χ4v) is 3.76. The third kappa shape index (κ3) is 4.46. The number of ether oxygens (including phenoxy) is 1. The molecule has 2 heterocycles. The molecule has 9 heteroatoms. The minimum absolute atomic E-state index is 0.0384. The Labute approximate surface area is 188 Å². The van der Waals surface area contributed by atoms with Crippen LogP contribution in [0, 0.1) is 11.6 Å². The Kier molecular flexibility index (Phi) is 6.43. The number of aliphatic hydroxyl groups is 1. The second-order valence-corrected chi connectivity index (χ2v) is 7.29. The van der Waals surface area contributed by atoms with Crippen LogP contribution in [0.5, 0.6) is 11.6 Å². The van der Waals surface area contributed by atoms with Gasteiger partial charge in [0, 0.05) is 12.1 Å². The molecule has 4 rings (SSSR count). The highest BCUT2D eigenvalue weighted by molar-refractivity contribution is 5.81. The van der Waals surface area contributed by atoms with Gasteiger partial charge in [-0.2, -0.15) is 4.98 Å². The van der Waals surface area contributed by atoms with Gasteiger partial charge in [-0.25, -0.2) is 13.3 Å². The molecule has 0 saturated heterocycles. The van der Waals surface area contributed by atoms with Crippen LogP contribution in [0.25, 0.3) is 16.6 Å². The molecule has 33 heavy (non-hydrogen) atoms. The number of hydrogen-bond donors (Lipinski definition) is 2. The molecule has 1 atom stereocenters. The van der Waals surface area contributed by atoms with E-state index in [1.54, 1.807) is 18.2 Å². The molecule has 0 amide bonds. The summed E-state index contributed by atoms with van der Waals surface area (Å²) in [7, 11) is 0. The van der Waals surface area contributed by atoms with Gasteiger partial charge in [-0.15, -0.1) is 5.10 Å².